The molecule has 1 aliphatic carbocycles. The number of thiophene rings is 1. The second kappa shape index (κ2) is 11.4. The number of hydrogen-bond acceptors (Lipinski definition) is 3. The van der Waals surface area contributed by atoms with Gasteiger partial charge in [0.25, 0.3) is 0 Å². The van der Waals surface area contributed by atoms with Crippen molar-refractivity contribution in [1.82, 2.24) is 0 Å². The molecular formula is C25H31IO2S. The van der Waals surface area contributed by atoms with E-state index in [1.54, 1.807) is 11.3 Å². The summed E-state index contributed by atoms with van der Waals surface area (Å²) in [4.78, 5) is 13.0. The molecule has 1 N–H and O–H groups in total. The lowest BCUT2D eigenvalue weighted by atomic mass is 9.89. The summed E-state index contributed by atoms with van der Waals surface area (Å²) in [5, 5.41) is 10.4. The van der Waals surface area contributed by atoms with Crippen molar-refractivity contribution in [2.75, 3.05) is 0 Å². The van der Waals surface area contributed by atoms with Crippen LogP contribution in [0.2, 0.25) is 0 Å². The number of aliphatic hydroxyl groups excluding tert-OH is 1. The maximum atomic E-state index is 10.9. The third-order valence-electron chi connectivity index (χ3n) is 5.87. The molecule has 2 atom stereocenters. The van der Waals surface area contributed by atoms with Crippen LogP contribution in [0.5, 0.6) is 0 Å². The molecule has 4 heteroatoms. The van der Waals surface area contributed by atoms with Crippen molar-refractivity contribution in [3.05, 3.63) is 60.9 Å². The van der Waals surface area contributed by atoms with Crippen LogP contribution >= 0.6 is 33.9 Å². The SMILES string of the molecule is CCCCCC(O)c1ccc(C2=C(I)CC[C@@H]2CCCc2ccc(C=O)s2)cc1. The summed E-state index contributed by atoms with van der Waals surface area (Å²) in [7, 11) is 0. The zero-order chi connectivity index (χ0) is 20.6. The molecule has 0 saturated heterocycles. The lowest BCUT2D eigenvalue weighted by molar-refractivity contribution is 0.112. The molecule has 29 heavy (non-hydrogen) atoms. The number of unbranched alkanes of at least 4 members (excludes halogenated alkanes) is 2. The van der Waals surface area contributed by atoms with Gasteiger partial charge in [-0.1, -0.05) is 50.5 Å². The zero-order valence-electron chi connectivity index (χ0n) is 17.2. The van der Waals surface area contributed by atoms with E-state index in [9.17, 15) is 9.90 Å². The van der Waals surface area contributed by atoms with E-state index >= 15 is 0 Å². The standard InChI is InChI=1S/C25H31IO2S/c1-2-3-4-8-24(28)18-9-11-20(12-10-18)25-19(13-16-23(25)26)6-5-7-21-14-15-22(17-27)29-21/h9-12,14-15,17,19,24,28H,2-8,13,16H2,1H3/t19-,24?/m0/s1. The van der Waals surface area contributed by atoms with E-state index < -0.39 is 0 Å². The lowest BCUT2D eigenvalue weighted by Gasteiger charge is -2.17. The average Bonchev–Trinajstić information content (AvgIpc) is 3.35. The topological polar surface area (TPSA) is 37.3 Å². The molecule has 0 bridgehead atoms. The van der Waals surface area contributed by atoms with Crippen molar-refractivity contribution in [2.24, 2.45) is 5.92 Å². The Morgan fingerprint density at radius 3 is 2.66 bits per heavy atom. The average molecular weight is 522 g/mol. The first kappa shape index (κ1) is 22.7. The normalized spacial score (nSPS) is 17.7. The van der Waals surface area contributed by atoms with Crippen molar-refractivity contribution in [3.63, 3.8) is 0 Å². The van der Waals surface area contributed by atoms with E-state index in [2.05, 4.69) is 59.8 Å². The Morgan fingerprint density at radius 1 is 1.17 bits per heavy atom. The Bertz CT molecular complexity index is 822. The van der Waals surface area contributed by atoms with Crippen LogP contribution in [0.1, 0.15) is 90.1 Å². The molecule has 0 saturated carbocycles. The van der Waals surface area contributed by atoms with Gasteiger partial charge in [0.15, 0.2) is 6.29 Å². The smallest absolute Gasteiger partial charge is 0.160 e. The Morgan fingerprint density at radius 2 is 1.97 bits per heavy atom. The van der Waals surface area contributed by atoms with Crippen LogP contribution in [-0.2, 0) is 6.42 Å². The third kappa shape index (κ3) is 6.25. The Hall–Kier alpha value is -0.980. The van der Waals surface area contributed by atoms with Gasteiger partial charge in [0, 0.05) is 4.88 Å². The molecular weight excluding hydrogens is 491 g/mol. The van der Waals surface area contributed by atoms with Gasteiger partial charge in [-0.15, -0.1) is 11.3 Å². The number of halogens is 1. The Kier molecular flexibility index (Phi) is 8.94. The molecule has 2 aromatic rings. The first-order chi connectivity index (χ1) is 14.1. The fourth-order valence-corrected chi connectivity index (χ4v) is 6.17. The van der Waals surface area contributed by atoms with E-state index in [4.69, 9.17) is 0 Å². The van der Waals surface area contributed by atoms with E-state index in [1.165, 1.54) is 51.7 Å². The molecule has 0 amide bonds. The number of carbonyl (C=O) groups is 1. The van der Waals surface area contributed by atoms with Crippen LogP contribution in [0.15, 0.2) is 40.0 Å². The van der Waals surface area contributed by atoms with Crippen LogP contribution in [-0.4, -0.2) is 11.4 Å². The van der Waals surface area contributed by atoms with Crippen molar-refractivity contribution < 1.29 is 9.90 Å². The summed E-state index contributed by atoms with van der Waals surface area (Å²) in [6.45, 7) is 2.19. The van der Waals surface area contributed by atoms with Crippen LogP contribution in [0, 0.1) is 5.92 Å². The number of aldehydes is 1. The molecule has 1 unspecified atom stereocenters. The van der Waals surface area contributed by atoms with Crippen molar-refractivity contribution in [1.29, 1.82) is 0 Å². The number of allylic oxidation sites excluding steroid dienone is 2. The number of aliphatic hydroxyl groups is 1. The first-order valence-electron chi connectivity index (χ1n) is 10.8. The first-order valence-corrected chi connectivity index (χ1v) is 12.7. The fraction of sp³-hybridized carbons (Fsp3) is 0.480. The minimum Gasteiger partial charge on any atom is -0.388 e. The van der Waals surface area contributed by atoms with Gasteiger partial charge in [-0.25, -0.2) is 0 Å². The highest BCUT2D eigenvalue weighted by atomic mass is 127. The van der Waals surface area contributed by atoms with Gasteiger partial charge in [-0.3, -0.25) is 4.79 Å². The quantitative estimate of drug-likeness (QED) is 0.186. The number of benzene rings is 1. The molecule has 0 fully saturated rings. The van der Waals surface area contributed by atoms with E-state index in [1.807, 2.05) is 6.07 Å². The van der Waals surface area contributed by atoms with Gasteiger partial charge >= 0.3 is 0 Å². The second-order valence-corrected chi connectivity index (χ2v) is 10.5. The van der Waals surface area contributed by atoms with Gasteiger partial charge in [-0.2, -0.15) is 0 Å². The largest absolute Gasteiger partial charge is 0.388 e. The van der Waals surface area contributed by atoms with Crippen molar-refractivity contribution >= 4 is 45.8 Å². The molecule has 0 radical (unpaired) electrons. The molecule has 2 nitrogen and oxygen atoms in total. The summed E-state index contributed by atoms with van der Waals surface area (Å²) in [5.74, 6) is 0.618. The van der Waals surface area contributed by atoms with E-state index in [0.717, 1.165) is 42.4 Å². The van der Waals surface area contributed by atoms with Gasteiger partial charge in [-0.05, 0) is 99.4 Å². The number of rotatable bonds is 11. The predicted molar refractivity (Wildman–Crippen MR) is 132 cm³/mol. The predicted octanol–water partition coefficient (Wildman–Crippen LogP) is 7.75. The number of aryl methyl sites for hydroxylation is 1. The van der Waals surface area contributed by atoms with E-state index in [0.29, 0.717) is 5.92 Å². The summed E-state index contributed by atoms with van der Waals surface area (Å²) >= 11 is 4.14. The highest BCUT2D eigenvalue weighted by Crippen LogP contribution is 2.44. The number of hydrogen-bond donors (Lipinski definition) is 1. The highest BCUT2D eigenvalue weighted by Gasteiger charge is 2.25. The highest BCUT2D eigenvalue weighted by molar-refractivity contribution is 14.1. The van der Waals surface area contributed by atoms with Gasteiger partial charge < -0.3 is 5.11 Å². The lowest BCUT2D eigenvalue weighted by Crippen LogP contribution is -2.02. The van der Waals surface area contributed by atoms with Gasteiger partial charge in [0.05, 0.1) is 11.0 Å². The Balaban J connectivity index is 1.58. The minimum atomic E-state index is -0.343. The molecule has 1 aliphatic rings. The monoisotopic (exact) mass is 522 g/mol. The Labute approximate surface area is 192 Å². The van der Waals surface area contributed by atoms with Crippen LogP contribution in [0.3, 0.4) is 0 Å². The summed E-state index contributed by atoms with van der Waals surface area (Å²) < 4.78 is 1.49. The minimum absolute atomic E-state index is 0.343. The molecule has 3 rings (SSSR count). The maximum Gasteiger partial charge on any atom is 0.160 e. The van der Waals surface area contributed by atoms with Gasteiger partial charge in [0.1, 0.15) is 0 Å². The molecule has 156 valence electrons. The van der Waals surface area contributed by atoms with E-state index in [-0.39, 0.29) is 6.10 Å². The van der Waals surface area contributed by atoms with Crippen LogP contribution in [0.4, 0.5) is 0 Å². The molecule has 1 aromatic carbocycles. The zero-order valence-corrected chi connectivity index (χ0v) is 20.2. The van der Waals surface area contributed by atoms with Crippen LogP contribution < -0.4 is 0 Å². The van der Waals surface area contributed by atoms with Crippen LogP contribution in [0.25, 0.3) is 5.57 Å². The summed E-state index contributed by atoms with van der Waals surface area (Å²) in [6.07, 6.45) is 10.7. The molecule has 1 heterocycles. The van der Waals surface area contributed by atoms with Crippen molar-refractivity contribution in [3.8, 4) is 0 Å². The molecule has 0 spiro atoms. The third-order valence-corrected chi connectivity index (χ3v) is 8.07. The summed E-state index contributed by atoms with van der Waals surface area (Å²) in [5.41, 5.74) is 3.87. The second-order valence-electron chi connectivity index (χ2n) is 8.00. The number of carbonyl (C=O) groups excluding carboxylic acids is 1. The molecule has 1 aromatic heterocycles. The fourth-order valence-electron chi connectivity index (χ4n) is 4.24. The van der Waals surface area contributed by atoms with Gasteiger partial charge in [0.2, 0.25) is 0 Å². The maximum absolute atomic E-state index is 10.9. The molecule has 0 aliphatic heterocycles. The summed E-state index contributed by atoms with van der Waals surface area (Å²) in [6, 6.07) is 12.7. The van der Waals surface area contributed by atoms with Crippen molar-refractivity contribution in [2.45, 2.75) is 70.8 Å².